The number of para-hydroxylation sites is 5. The first-order chi connectivity index (χ1) is 31.8. The maximum absolute atomic E-state index is 6.71. The standard InChI is InChI=1S/C58H33N5O/c1-3-15-34(16-4-1)35-27-29-40-45-33-44-39-20-8-12-24-47(39)63(56(44)53-41-21-9-13-25-48(41)62(55(45)53)50(40)32-35)58-59-54(52-42-22-10-14-26-51(42)64-57(52)60-58)36-28-30-49-43(31-36)38-19-7-11-23-46(38)61(49)37-17-5-2-6-18-37/h1-33H. The highest BCUT2D eigenvalue weighted by atomic mass is 16.3. The van der Waals surface area contributed by atoms with E-state index < -0.39 is 0 Å². The van der Waals surface area contributed by atoms with Gasteiger partial charge in [-0.15, -0.1) is 0 Å². The zero-order valence-corrected chi connectivity index (χ0v) is 34.2. The van der Waals surface area contributed by atoms with Crippen molar-refractivity contribution in [1.29, 1.82) is 0 Å². The second-order valence-corrected chi connectivity index (χ2v) is 16.9. The van der Waals surface area contributed by atoms with E-state index in [1.807, 2.05) is 12.1 Å². The molecule has 9 aromatic carbocycles. The fraction of sp³-hybridized carbons (Fsp3) is 0. The minimum Gasteiger partial charge on any atom is -0.437 e. The van der Waals surface area contributed by atoms with Crippen LogP contribution in [0, 0.1) is 0 Å². The molecule has 0 radical (unpaired) electrons. The fourth-order valence-corrected chi connectivity index (χ4v) is 10.9. The summed E-state index contributed by atoms with van der Waals surface area (Å²) in [6, 6.07) is 71.7. The maximum Gasteiger partial charge on any atom is 0.238 e. The summed E-state index contributed by atoms with van der Waals surface area (Å²) in [7, 11) is 0. The third-order valence-corrected chi connectivity index (χ3v) is 13.6. The molecule has 64 heavy (non-hydrogen) atoms. The van der Waals surface area contributed by atoms with Crippen molar-refractivity contribution in [1.82, 2.24) is 23.5 Å². The van der Waals surface area contributed by atoms with E-state index in [2.05, 4.69) is 202 Å². The lowest BCUT2D eigenvalue weighted by Gasteiger charge is -2.11. The summed E-state index contributed by atoms with van der Waals surface area (Å²) < 4.78 is 13.8. The van der Waals surface area contributed by atoms with Crippen molar-refractivity contribution < 1.29 is 4.42 Å². The Kier molecular flexibility index (Phi) is 6.59. The highest BCUT2D eigenvalue weighted by Crippen LogP contribution is 2.47. The highest BCUT2D eigenvalue weighted by Gasteiger charge is 2.27. The molecule has 0 saturated heterocycles. The van der Waals surface area contributed by atoms with Crippen LogP contribution < -0.4 is 0 Å². The lowest BCUT2D eigenvalue weighted by molar-refractivity contribution is 0.651. The summed E-state index contributed by atoms with van der Waals surface area (Å²) in [6.45, 7) is 0. The molecular weight excluding hydrogens is 783 g/mol. The Balaban J connectivity index is 1.06. The average Bonchev–Trinajstić information content (AvgIpc) is 4.16. The summed E-state index contributed by atoms with van der Waals surface area (Å²) >= 11 is 0. The quantitative estimate of drug-likeness (QED) is 0.178. The molecule has 0 aliphatic heterocycles. The van der Waals surface area contributed by atoms with Gasteiger partial charge in [-0.3, -0.25) is 4.57 Å². The number of nitrogens with zero attached hydrogens (tertiary/aromatic N) is 5. The lowest BCUT2D eigenvalue weighted by atomic mass is 10.0. The predicted octanol–water partition coefficient (Wildman–Crippen LogP) is 15.1. The van der Waals surface area contributed by atoms with Crippen LogP contribution in [0.25, 0.3) is 138 Å². The summed E-state index contributed by atoms with van der Waals surface area (Å²) in [6.07, 6.45) is 0. The molecule has 15 aromatic rings. The first-order valence-electron chi connectivity index (χ1n) is 21.7. The predicted molar refractivity (Wildman–Crippen MR) is 264 cm³/mol. The van der Waals surface area contributed by atoms with Crippen LogP contribution in [0.4, 0.5) is 0 Å². The molecular formula is C58H33N5O. The molecule has 0 saturated carbocycles. The molecule has 0 unspecified atom stereocenters. The van der Waals surface area contributed by atoms with Crippen LogP contribution in [0.5, 0.6) is 0 Å². The van der Waals surface area contributed by atoms with Crippen molar-refractivity contribution in [3.8, 4) is 34.0 Å². The Morgan fingerprint density at radius 1 is 0.344 bits per heavy atom. The molecule has 0 amide bonds. The van der Waals surface area contributed by atoms with Gasteiger partial charge in [0.25, 0.3) is 0 Å². The first-order valence-corrected chi connectivity index (χ1v) is 21.7. The first kappa shape index (κ1) is 33.9. The van der Waals surface area contributed by atoms with Crippen LogP contribution in [0.2, 0.25) is 0 Å². The molecule has 0 aliphatic rings. The monoisotopic (exact) mass is 815 g/mol. The third kappa shape index (κ3) is 4.43. The number of benzene rings is 9. The van der Waals surface area contributed by atoms with Crippen LogP contribution in [0.15, 0.2) is 205 Å². The molecule has 6 nitrogen and oxygen atoms in total. The number of hydrogen-bond acceptors (Lipinski definition) is 3. The van der Waals surface area contributed by atoms with Gasteiger partial charge in [-0.2, -0.15) is 4.98 Å². The summed E-state index contributed by atoms with van der Waals surface area (Å²) in [5, 5.41) is 11.4. The summed E-state index contributed by atoms with van der Waals surface area (Å²) in [5.74, 6) is 0.563. The fourth-order valence-electron chi connectivity index (χ4n) is 10.9. The van der Waals surface area contributed by atoms with Crippen LogP contribution in [0.1, 0.15) is 0 Å². The van der Waals surface area contributed by atoms with Gasteiger partial charge in [0.15, 0.2) is 0 Å². The van der Waals surface area contributed by atoms with Crippen molar-refractivity contribution in [3.05, 3.63) is 200 Å². The van der Waals surface area contributed by atoms with Gasteiger partial charge in [-0.1, -0.05) is 140 Å². The van der Waals surface area contributed by atoms with Gasteiger partial charge in [0, 0.05) is 59.7 Å². The van der Waals surface area contributed by atoms with E-state index in [9.17, 15) is 0 Å². The highest BCUT2D eigenvalue weighted by molar-refractivity contribution is 6.34. The number of hydrogen-bond donors (Lipinski definition) is 0. The molecule has 0 atom stereocenters. The van der Waals surface area contributed by atoms with E-state index >= 15 is 0 Å². The smallest absolute Gasteiger partial charge is 0.238 e. The van der Waals surface area contributed by atoms with Crippen LogP contribution in [-0.4, -0.2) is 23.5 Å². The minimum atomic E-state index is 0.555. The molecule has 0 aliphatic carbocycles. The minimum absolute atomic E-state index is 0.555. The van der Waals surface area contributed by atoms with Crippen molar-refractivity contribution in [2.75, 3.05) is 0 Å². The zero-order valence-electron chi connectivity index (χ0n) is 34.2. The molecule has 15 rings (SSSR count). The second-order valence-electron chi connectivity index (χ2n) is 16.9. The summed E-state index contributed by atoms with van der Waals surface area (Å²) in [4.78, 5) is 11.1. The summed E-state index contributed by atoms with van der Waals surface area (Å²) in [5.41, 5.74) is 14.7. The van der Waals surface area contributed by atoms with Gasteiger partial charge in [-0.05, 0) is 71.8 Å². The number of aromatic nitrogens is 5. The van der Waals surface area contributed by atoms with Crippen molar-refractivity contribution in [3.63, 3.8) is 0 Å². The molecule has 296 valence electrons. The maximum atomic E-state index is 6.71. The van der Waals surface area contributed by atoms with Crippen molar-refractivity contribution >= 4 is 104 Å². The van der Waals surface area contributed by atoms with Crippen LogP contribution in [-0.2, 0) is 0 Å². The van der Waals surface area contributed by atoms with Gasteiger partial charge in [0.05, 0.1) is 49.7 Å². The zero-order chi connectivity index (χ0) is 41.6. The Labute approximate surface area is 364 Å². The normalized spacial score (nSPS) is 12.4. The van der Waals surface area contributed by atoms with Gasteiger partial charge in [0.2, 0.25) is 11.7 Å². The van der Waals surface area contributed by atoms with Gasteiger partial charge >= 0.3 is 0 Å². The van der Waals surface area contributed by atoms with Crippen LogP contribution in [0.3, 0.4) is 0 Å². The second kappa shape index (κ2) is 12.4. The Hall–Kier alpha value is -8.74. The average molecular weight is 816 g/mol. The molecule has 6 aromatic heterocycles. The lowest BCUT2D eigenvalue weighted by Crippen LogP contribution is -2.03. The van der Waals surface area contributed by atoms with Gasteiger partial charge < -0.3 is 13.4 Å². The van der Waals surface area contributed by atoms with E-state index in [4.69, 9.17) is 14.4 Å². The molecule has 6 heterocycles. The molecule has 0 fully saturated rings. The third-order valence-electron chi connectivity index (χ3n) is 13.6. The molecule has 0 spiro atoms. The van der Waals surface area contributed by atoms with E-state index in [0.717, 1.165) is 71.5 Å². The van der Waals surface area contributed by atoms with Crippen molar-refractivity contribution in [2.45, 2.75) is 0 Å². The Morgan fingerprint density at radius 2 is 0.953 bits per heavy atom. The molecule has 0 bridgehead atoms. The number of rotatable bonds is 4. The number of furan rings is 1. The van der Waals surface area contributed by atoms with E-state index in [0.29, 0.717) is 11.7 Å². The number of fused-ring (bicyclic) bond motifs is 16. The van der Waals surface area contributed by atoms with Gasteiger partial charge in [-0.25, -0.2) is 4.98 Å². The van der Waals surface area contributed by atoms with Crippen molar-refractivity contribution in [2.24, 2.45) is 0 Å². The Bertz CT molecular complexity index is 4420. The Morgan fingerprint density at radius 3 is 1.77 bits per heavy atom. The molecule has 6 heteroatoms. The SMILES string of the molecule is c1ccc(-c2ccc3c4cc5c6ccccc6n(-c6nc(-c7ccc8c(c7)c7ccccc7n8-c7ccccc7)c7c(n6)oc6ccccc67)c5c5c6ccccc6n(c3c2)c45)cc1. The van der Waals surface area contributed by atoms with E-state index in [-0.39, 0.29) is 0 Å². The van der Waals surface area contributed by atoms with E-state index in [1.165, 1.54) is 54.6 Å². The topological polar surface area (TPSA) is 53.2 Å². The van der Waals surface area contributed by atoms with Gasteiger partial charge in [0.1, 0.15) is 5.58 Å². The van der Waals surface area contributed by atoms with Crippen LogP contribution >= 0.6 is 0 Å². The van der Waals surface area contributed by atoms with E-state index in [1.54, 1.807) is 0 Å². The molecule has 0 N–H and O–H groups in total. The largest absolute Gasteiger partial charge is 0.437 e.